The normalized spacial score (nSPS) is 10.2. The van der Waals surface area contributed by atoms with E-state index < -0.39 is 11.9 Å². The van der Waals surface area contributed by atoms with Gasteiger partial charge in [-0.05, 0) is 19.1 Å². The van der Waals surface area contributed by atoms with E-state index in [2.05, 4.69) is 4.74 Å². The Hall–Kier alpha value is -1.56. The van der Waals surface area contributed by atoms with Crippen LogP contribution < -0.4 is 18.9 Å². The van der Waals surface area contributed by atoms with Crippen LogP contribution in [0.25, 0.3) is 0 Å². The Balaban J connectivity index is 0. The van der Waals surface area contributed by atoms with Crippen LogP contribution in [0.1, 0.15) is 18.7 Å². The molecule has 0 spiro atoms. The fourth-order valence-electron chi connectivity index (χ4n) is 1.00. The molecule has 84 valence electrons. The first-order valence-corrected chi connectivity index (χ1v) is 4.84. The first kappa shape index (κ1) is 15.4. The second kappa shape index (κ2) is 8.57. The molecule has 0 aliphatic carbocycles. The molecule has 17 heavy (non-hydrogen) atoms. The smallest absolute Gasteiger partial charge is 1.00 e. The summed E-state index contributed by atoms with van der Waals surface area (Å²) in [5.74, 6) is -1.32. The molecule has 1 aromatic carbocycles. The number of esters is 2. The van der Waals surface area contributed by atoms with Gasteiger partial charge >= 0.3 is 30.8 Å². The number of carbonyl (C=O) groups excluding carboxylic acids is 2. The van der Waals surface area contributed by atoms with E-state index in [1.807, 2.05) is 6.92 Å². The topological polar surface area (TPSA) is 43.4 Å². The van der Waals surface area contributed by atoms with Gasteiger partial charge in [-0.1, -0.05) is 36.4 Å². The number of ether oxygens (including phenoxy) is 1. The average Bonchev–Trinajstić information content (AvgIpc) is 2.30. The molecule has 0 amide bonds. The molecule has 0 radical (unpaired) electrons. The zero-order valence-corrected chi connectivity index (χ0v) is 9.92. The molecule has 0 aliphatic rings. The minimum Gasteiger partial charge on any atom is -1.00 e. The van der Waals surface area contributed by atoms with E-state index in [1.54, 1.807) is 42.5 Å². The van der Waals surface area contributed by atoms with Gasteiger partial charge in [0.2, 0.25) is 0 Å². The maximum Gasteiger partial charge on any atom is 1.00 e. The van der Waals surface area contributed by atoms with Crippen LogP contribution in [0.5, 0.6) is 0 Å². The van der Waals surface area contributed by atoms with Gasteiger partial charge in [-0.25, -0.2) is 9.59 Å². The molecular weight excluding hydrogens is 211 g/mol. The summed E-state index contributed by atoms with van der Waals surface area (Å²) < 4.78 is 4.58. The van der Waals surface area contributed by atoms with Gasteiger partial charge in [0.15, 0.2) is 0 Å². The van der Waals surface area contributed by atoms with Crippen molar-refractivity contribution in [2.75, 3.05) is 0 Å². The molecule has 1 aromatic rings. The summed E-state index contributed by atoms with van der Waals surface area (Å²) in [6.45, 7) is 1.82. The van der Waals surface area contributed by atoms with Crippen LogP contribution in [0.15, 0.2) is 54.6 Å². The average molecular weight is 224 g/mol. The molecule has 0 heterocycles. The van der Waals surface area contributed by atoms with Gasteiger partial charge in [0, 0.05) is 6.08 Å². The molecule has 0 aliphatic heterocycles. The number of rotatable bonds is 3. The summed E-state index contributed by atoms with van der Waals surface area (Å²) in [6, 6.07) is 8.37. The Kier molecular flexibility index (Phi) is 7.79. The minimum absolute atomic E-state index is 0. The van der Waals surface area contributed by atoms with Gasteiger partial charge in [0.05, 0.1) is 5.56 Å². The predicted molar refractivity (Wildman–Crippen MR) is 61.9 cm³/mol. The van der Waals surface area contributed by atoms with Gasteiger partial charge in [-0.3, -0.25) is 0 Å². The zero-order chi connectivity index (χ0) is 11.8. The van der Waals surface area contributed by atoms with Gasteiger partial charge in [0.25, 0.3) is 0 Å². The molecule has 1 rings (SSSR count). The van der Waals surface area contributed by atoms with E-state index in [1.165, 1.54) is 12.2 Å². The van der Waals surface area contributed by atoms with E-state index in [0.29, 0.717) is 5.56 Å². The largest absolute Gasteiger partial charge is 1.00 e. The van der Waals surface area contributed by atoms with Gasteiger partial charge in [-0.2, -0.15) is 0 Å². The van der Waals surface area contributed by atoms with Crippen LogP contribution in [-0.4, -0.2) is 11.9 Å². The summed E-state index contributed by atoms with van der Waals surface area (Å²) in [5.41, 5.74) is 0.357. The zero-order valence-electron chi connectivity index (χ0n) is 10.9. The molecule has 0 atom stereocenters. The quantitative estimate of drug-likeness (QED) is 0.231. The van der Waals surface area contributed by atoms with Crippen molar-refractivity contribution in [3.05, 3.63) is 60.2 Å². The van der Waals surface area contributed by atoms with E-state index in [4.69, 9.17) is 0 Å². The number of carbonyl (C=O) groups is 2. The molecule has 0 unspecified atom stereocenters. The molecule has 0 N–H and O–H groups in total. The fourth-order valence-corrected chi connectivity index (χ4v) is 1.00. The first-order valence-electron chi connectivity index (χ1n) is 4.84. The summed E-state index contributed by atoms with van der Waals surface area (Å²) in [6.07, 6.45) is 6.15. The molecule has 0 bridgehead atoms. The molecular formula is C13H13LiO3. The van der Waals surface area contributed by atoms with Crippen LogP contribution >= 0.6 is 0 Å². The van der Waals surface area contributed by atoms with E-state index in [-0.39, 0.29) is 20.3 Å². The third-order valence-electron chi connectivity index (χ3n) is 1.74. The molecule has 0 saturated carbocycles. The Bertz CT molecular complexity index is 427. The first-order chi connectivity index (χ1) is 7.74. The maximum atomic E-state index is 11.4. The van der Waals surface area contributed by atoms with Crippen molar-refractivity contribution >= 4 is 11.9 Å². The fraction of sp³-hybridized carbons (Fsp3) is 0.0769. The molecule has 0 aromatic heterocycles. The Morgan fingerprint density at radius 3 is 2.41 bits per heavy atom. The molecule has 0 saturated heterocycles. The van der Waals surface area contributed by atoms with Crippen LogP contribution in [0, 0.1) is 0 Å². The minimum atomic E-state index is -0.674. The molecule has 3 nitrogen and oxygen atoms in total. The summed E-state index contributed by atoms with van der Waals surface area (Å²) >= 11 is 0. The van der Waals surface area contributed by atoms with Crippen molar-refractivity contribution in [1.82, 2.24) is 0 Å². The van der Waals surface area contributed by atoms with Crippen molar-refractivity contribution in [3.8, 4) is 0 Å². The summed E-state index contributed by atoms with van der Waals surface area (Å²) in [7, 11) is 0. The van der Waals surface area contributed by atoms with E-state index in [9.17, 15) is 9.59 Å². The van der Waals surface area contributed by atoms with Crippen LogP contribution in [0.2, 0.25) is 0 Å². The summed E-state index contributed by atoms with van der Waals surface area (Å²) in [5, 5.41) is 0. The third-order valence-corrected chi connectivity index (χ3v) is 1.74. The van der Waals surface area contributed by atoms with Crippen molar-refractivity contribution < 1.29 is 34.6 Å². The van der Waals surface area contributed by atoms with Crippen LogP contribution in [0.3, 0.4) is 0 Å². The number of hydrogen-bond acceptors (Lipinski definition) is 3. The molecule has 4 heteroatoms. The SMILES string of the molecule is C/C=C/C=C/C(=O)OC(=O)c1ccccc1.[H-].[Li+]. The molecule has 0 fully saturated rings. The van der Waals surface area contributed by atoms with Crippen molar-refractivity contribution in [2.45, 2.75) is 6.92 Å². The Morgan fingerprint density at radius 2 is 1.82 bits per heavy atom. The maximum absolute atomic E-state index is 11.4. The number of benzene rings is 1. The number of allylic oxidation sites excluding steroid dienone is 3. The Morgan fingerprint density at radius 1 is 1.18 bits per heavy atom. The third kappa shape index (κ3) is 5.91. The van der Waals surface area contributed by atoms with Crippen molar-refractivity contribution in [3.63, 3.8) is 0 Å². The van der Waals surface area contributed by atoms with E-state index in [0.717, 1.165) is 0 Å². The van der Waals surface area contributed by atoms with Gasteiger partial charge < -0.3 is 6.16 Å². The second-order valence-corrected chi connectivity index (χ2v) is 2.96. The van der Waals surface area contributed by atoms with Crippen molar-refractivity contribution in [2.24, 2.45) is 0 Å². The predicted octanol–water partition coefficient (Wildman–Crippen LogP) is -0.381. The standard InChI is InChI=1S/C13H12O3.Li.H/c1-2-3-5-10-12(14)16-13(15)11-8-6-4-7-9-11;;/h2-10H,1H3;;/q;+1;-1/b3-2+,10-5+;;. The monoisotopic (exact) mass is 224 g/mol. The van der Waals surface area contributed by atoms with Crippen LogP contribution in [0.4, 0.5) is 0 Å². The summed E-state index contributed by atoms with van der Waals surface area (Å²) in [4.78, 5) is 22.5. The Labute approximate surface area is 114 Å². The second-order valence-electron chi connectivity index (χ2n) is 2.96. The van der Waals surface area contributed by atoms with Crippen molar-refractivity contribution in [1.29, 1.82) is 0 Å². The van der Waals surface area contributed by atoms with Gasteiger partial charge in [-0.15, -0.1) is 0 Å². The number of hydrogen-bond donors (Lipinski definition) is 0. The van der Waals surface area contributed by atoms with Crippen LogP contribution in [-0.2, 0) is 9.53 Å². The van der Waals surface area contributed by atoms with Gasteiger partial charge in [0.1, 0.15) is 0 Å². The van der Waals surface area contributed by atoms with E-state index >= 15 is 0 Å².